The van der Waals surface area contributed by atoms with Crippen molar-refractivity contribution in [2.75, 3.05) is 6.54 Å². The number of aromatic nitrogens is 1. The summed E-state index contributed by atoms with van der Waals surface area (Å²) in [7, 11) is 0. The molecule has 0 spiro atoms. The number of alkyl carbamates (subject to hydrolysis) is 1. The van der Waals surface area contributed by atoms with Crippen LogP contribution < -0.4 is 10.6 Å². The average Bonchev–Trinajstić information content (AvgIpc) is 2.84. The Hall–Kier alpha value is -2.01. The first-order valence-corrected chi connectivity index (χ1v) is 7.93. The second-order valence-electron chi connectivity index (χ2n) is 7.47. The number of H-pyrrole nitrogens is 1. The van der Waals surface area contributed by atoms with Gasteiger partial charge in [0.05, 0.1) is 5.54 Å². The molecule has 0 atom stereocenters. The second-order valence-corrected chi connectivity index (χ2v) is 7.47. The molecular weight excluding hydrogens is 290 g/mol. The minimum atomic E-state index is -0.489. The summed E-state index contributed by atoms with van der Waals surface area (Å²) in [4.78, 5) is 15.1. The van der Waals surface area contributed by atoms with Gasteiger partial charge in [-0.25, -0.2) is 4.79 Å². The van der Waals surface area contributed by atoms with Crippen LogP contribution in [-0.2, 0) is 11.3 Å². The van der Waals surface area contributed by atoms with E-state index in [1.807, 2.05) is 40.8 Å². The van der Waals surface area contributed by atoms with Gasteiger partial charge in [-0.3, -0.25) is 0 Å². The molecule has 1 aromatic heterocycles. The average molecular weight is 317 g/mol. The predicted octanol–water partition coefficient (Wildman–Crippen LogP) is 3.56. The Bertz CT molecular complexity index is 668. The maximum Gasteiger partial charge on any atom is 0.408 e. The first-order valence-electron chi connectivity index (χ1n) is 7.93. The van der Waals surface area contributed by atoms with Gasteiger partial charge in [-0.1, -0.05) is 18.2 Å². The van der Waals surface area contributed by atoms with Gasteiger partial charge in [0.1, 0.15) is 5.60 Å². The van der Waals surface area contributed by atoms with Gasteiger partial charge in [0.25, 0.3) is 0 Å². The van der Waals surface area contributed by atoms with Crippen molar-refractivity contribution >= 4 is 17.0 Å². The molecule has 1 aromatic carbocycles. The molecule has 0 aliphatic rings. The van der Waals surface area contributed by atoms with Crippen molar-refractivity contribution in [2.24, 2.45) is 0 Å². The zero-order valence-electron chi connectivity index (χ0n) is 14.6. The quantitative estimate of drug-likeness (QED) is 0.790. The molecule has 1 amide bonds. The third-order valence-corrected chi connectivity index (χ3v) is 3.40. The molecule has 1 heterocycles. The van der Waals surface area contributed by atoms with Gasteiger partial charge >= 0.3 is 6.09 Å². The van der Waals surface area contributed by atoms with E-state index in [4.69, 9.17) is 4.74 Å². The van der Waals surface area contributed by atoms with E-state index in [2.05, 4.69) is 39.9 Å². The molecule has 0 saturated heterocycles. The van der Waals surface area contributed by atoms with E-state index < -0.39 is 17.2 Å². The summed E-state index contributed by atoms with van der Waals surface area (Å²) in [5, 5.41) is 7.51. The predicted molar refractivity (Wildman–Crippen MR) is 93.5 cm³/mol. The molecule has 0 radical (unpaired) electrons. The minimum absolute atomic E-state index is 0.393. The molecule has 0 aliphatic carbocycles. The first-order chi connectivity index (χ1) is 10.7. The Morgan fingerprint density at radius 2 is 1.91 bits per heavy atom. The molecule has 0 saturated carbocycles. The van der Waals surface area contributed by atoms with Crippen molar-refractivity contribution in [3.63, 3.8) is 0 Å². The standard InChI is InChI=1S/C18H27N3O2/c1-17(2,3)23-16(22)21-18(4,5)12-19-11-14-8-6-7-13-9-10-20-15(13)14/h6-10,19-20H,11-12H2,1-5H3,(H,21,22). The van der Waals surface area contributed by atoms with Crippen molar-refractivity contribution in [1.29, 1.82) is 0 Å². The maximum absolute atomic E-state index is 11.9. The molecule has 0 unspecified atom stereocenters. The van der Waals surface area contributed by atoms with Crippen molar-refractivity contribution < 1.29 is 9.53 Å². The number of para-hydroxylation sites is 1. The topological polar surface area (TPSA) is 66.2 Å². The lowest BCUT2D eigenvalue weighted by molar-refractivity contribution is 0.0472. The fourth-order valence-electron chi connectivity index (χ4n) is 2.43. The van der Waals surface area contributed by atoms with Crippen molar-refractivity contribution in [1.82, 2.24) is 15.6 Å². The van der Waals surface area contributed by atoms with Crippen LogP contribution >= 0.6 is 0 Å². The number of aromatic amines is 1. The highest BCUT2D eigenvalue weighted by Crippen LogP contribution is 2.17. The minimum Gasteiger partial charge on any atom is -0.444 e. The fourth-order valence-corrected chi connectivity index (χ4v) is 2.43. The Kier molecular flexibility index (Phi) is 5.00. The van der Waals surface area contributed by atoms with Crippen LogP contribution in [0.15, 0.2) is 30.5 Å². The van der Waals surface area contributed by atoms with Gasteiger partial charge in [-0.2, -0.15) is 0 Å². The Morgan fingerprint density at radius 3 is 2.61 bits per heavy atom. The van der Waals surface area contributed by atoms with E-state index in [1.165, 1.54) is 10.9 Å². The van der Waals surface area contributed by atoms with Crippen LogP contribution in [0.1, 0.15) is 40.2 Å². The Balaban J connectivity index is 1.87. The van der Waals surface area contributed by atoms with Crippen LogP contribution in [0.2, 0.25) is 0 Å². The largest absolute Gasteiger partial charge is 0.444 e. The van der Waals surface area contributed by atoms with Crippen LogP contribution in [-0.4, -0.2) is 28.8 Å². The van der Waals surface area contributed by atoms with Crippen LogP contribution in [0.4, 0.5) is 4.79 Å². The summed E-state index contributed by atoms with van der Waals surface area (Å²) in [5.74, 6) is 0. The SMILES string of the molecule is CC(C)(CNCc1cccc2cc[nH]c12)NC(=O)OC(C)(C)C. The van der Waals surface area contributed by atoms with Crippen LogP contribution in [0.5, 0.6) is 0 Å². The number of nitrogens with one attached hydrogen (secondary N) is 3. The van der Waals surface area contributed by atoms with Crippen molar-refractivity contribution in [3.05, 3.63) is 36.0 Å². The molecular formula is C18H27N3O2. The number of rotatable bonds is 5. The van der Waals surface area contributed by atoms with Crippen LogP contribution in [0.3, 0.4) is 0 Å². The molecule has 23 heavy (non-hydrogen) atoms. The molecule has 3 N–H and O–H groups in total. The van der Waals surface area contributed by atoms with Gasteiger partial charge in [0.15, 0.2) is 0 Å². The molecule has 126 valence electrons. The van der Waals surface area contributed by atoms with E-state index in [0.29, 0.717) is 6.54 Å². The van der Waals surface area contributed by atoms with Crippen LogP contribution in [0, 0.1) is 0 Å². The molecule has 0 bridgehead atoms. The summed E-state index contributed by atoms with van der Waals surface area (Å²) in [6, 6.07) is 8.30. The highest BCUT2D eigenvalue weighted by atomic mass is 16.6. The molecule has 2 rings (SSSR count). The third kappa shape index (κ3) is 5.28. The van der Waals surface area contributed by atoms with Gasteiger partial charge < -0.3 is 20.4 Å². The number of benzene rings is 1. The summed E-state index contributed by atoms with van der Waals surface area (Å²) in [6.45, 7) is 10.9. The Labute approximate surface area is 137 Å². The number of fused-ring (bicyclic) bond motifs is 1. The molecule has 5 heteroatoms. The van der Waals surface area contributed by atoms with E-state index in [-0.39, 0.29) is 0 Å². The molecule has 2 aromatic rings. The number of hydrogen-bond donors (Lipinski definition) is 3. The van der Waals surface area contributed by atoms with Gasteiger partial charge in [-0.15, -0.1) is 0 Å². The van der Waals surface area contributed by atoms with E-state index in [1.54, 1.807) is 0 Å². The van der Waals surface area contributed by atoms with E-state index in [9.17, 15) is 4.79 Å². The number of ether oxygens (including phenoxy) is 1. The first kappa shape index (κ1) is 17.3. The van der Waals surface area contributed by atoms with Crippen molar-refractivity contribution in [3.8, 4) is 0 Å². The fraction of sp³-hybridized carbons (Fsp3) is 0.500. The molecule has 0 aliphatic heterocycles. The summed E-state index contributed by atoms with van der Waals surface area (Å²) in [5.41, 5.74) is 1.47. The highest BCUT2D eigenvalue weighted by molar-refractivity contribution is 5.82. The Morgan fingerprint density at radius 1 is 1.17 bits per heavy atom. The number of amides is 1. The smallest absolute Gasteiger partial charge is 0.408 e. The lowest BCUT2D eigenvalue weighted by Crippen LogP contribution is -2.51. The van der Waals surface area contributed by atoms with E-state index >= 15 is 0 Å². The zero-order valence-corrected chi connectivity index (χ0v) is 14.6. The lowest BCUT2D eigenvalue weighted by atomic mass is 10.1. The number of carbonyl (C=O) groups excluding carboxylic acids is 1. The van der Waals surface area contributed by atoms with E-state index in [0.717, 1.165) is 12.1 Å². The maximum atomic E-state index is 11.9. The van der Waals surface area contributed by atoms with Gasteiger partial charge in [0.2, 0.25) is 0 Å². The van der Waals surface area contributed by atoms with Gasteiger partial charge in [-0.05, 0) is 51.6 Å². The lowest BCUT2D eigenvalue weighted by Gasteiger charge is -2.29. The van der Waals surface area contributed by atoms with Crippen molar-refractivity contribution in [2.45, 2.75) is 52.3 Å². The second kappa shape index (κ2) is 6.62. The van der Waals surface area contributed by atoms with Gasteiger partial charge in [0, 0.05) is 24.8 Å². The number of carbonyl (C=O) groups is 1. The third-order valence-electron chi connectivity index (χ3n) is 3.40. The summed E-state index contributed by atoms with van der Waals surface area (Å²) < 4.78 is 5.30. The normalized spacial score (nSPS) is 12.4. The summed E-state index contributed by atoms with van der Waals surface area (Å²) in [6.07, 6.45) is 1.55. The molecule has 0 fully saturated rings. The monoisotopic (exact) mass is 317 g/mol. The zero-order chi connectivity index (χ0) is 17.1. The summed E-state index contributed by atoms with van der Waals surface area (Å²) >= 11 is 0. The highest BCUT2D eigenvalue weighted by Gasteiger charge is 2.24. The molecule has 5 nitrogen and oxygen atoms in total. The number of hydrogen-bond acceptors (Lipinski definition) is 3. The van der Waals surface area contributed by atoms with Crippen LogP contribution in [0.25, 0.3) is 10.9 Å².